The number of nitrogens with one attached hydrogen (secondary N) is 1. The van der Waals surface area contributed by atoms with Crippen molar-refractivity contribution < 1.29 is 0 Å². The van der Waals surface area contributed by atoms with Crippen LogP contribution in [-0.2, 0) is 0 Å². The van der Waals surface area contributed by atoms with Gasteiger partial charge in [0.05, 0.1) is 18.1 Å². The van der Waals surface area contributed by atoms with Gasteiger partial charge in [-0.3, -0.25) is 10.4 Å². The largest absolute Gasteiger partial charge is 0.380 e. The second kappa shape index (κ2) is 5.84. The Balaban J connectivity index is 1.69. The molecule has 2 aromatic heterocycles. The lowest BCUT2D eigenvalue weighted by molar-refractivity contribution is 1.05. The summed E-state index contributed by atoms with van der Waals surface area (Å²) < 4.78 is 0. The van der Waals surface area contributed by atoms with Crippen molar-refractivity contribution in [1.29, 1.82) is 0 Å². The Morgan fingerprint density at radius 2 is 1.79 bits per heavy atom. The van der Waals surface area contributed by atoms with E-state index in [1.165, 1.54) is 0 Å². The summed E-state index contributed by atoms with van der Waals surface area (Å²) in [7, 11) is 0. The highest BCUT2D eigenvalue weighted by Crippen LogP contribution is 2.21. The van der Waals surface area contributed by atoms with E-state index in [9.17, 15) is 0 Å². The van der Waals surface area contributed by atoms with Gasteiger partial charge in [0.1, 0.15) is 5.71 Å². The van der Waals surface area contributed by atoms with Crippen LogP contribution in [0.3, 0.4) is 0 Å². The average molecular weight is 316 g/mol. The molecule has 0 aliphatic carbocycles. The minimum absolute atomic E-state index is 0.259. The fourth-order valence-corrected chi connectivity index (χ4v) is 2.37. The first-order chi connectivity index (χ1) is 11.8. The number of rotatable bonds is 3. The number of nitrogens with zero attached hydrogens (tertiary/aromatic N) is 6. The van der Waals surface area contributed by atoms with Gasteiger partial charge >= 0.3 is 0 Å². The van der Waals surface area contributed by atoms with Crippen molar-refractivity contribution in [2.75, 3.05) is 5.43 Å². The van der Waals surface area contributed by atoms with Crippen LogP contribution < -0.4 is 11.2 Å². The third-order valence-corrected chi connectivity index (χ3v) is 3.56. The van der Waals surface area contributed by atoms with E-state index in [-0.39, 0.29) is 5.84 Å². The van der Waals surface area contributed by atoms with Crippen molar-refractivity contribution in [2.45, 2.75) is 0 Å². The summed E-state index contributed by atoms with van der Waals surface area (Å²) in [6.45, 7) is 0. The molecule has 3 N–H and O–H groups in total. The van der Waals surface area contributed by atoms with Crippen LogP contribution in [0.15, 0.2) is 70.4 Å². The number of fused-ring (bicyclic) bond motifs is 1. The molecule has 0 spiro atoms. The Hall–Kier alpha value is -3.68. The van der Waals surface area contributed by atoms with Gasteiger partial charge in [0, 0.05) is 28.7 Å². The van der Waals surface area contributed by atoms with Gasteiger partial charge in [-0.2, -0.15) is 15.3 Å². The molecule has 1 aliphatic rings. The van der Waals surface area contributed by atoms with Crippen molar-refractivity contribution >= 4 is 33.7 Å². The summed E-state index contributed by atoms with van der Waals surface area (Å²) in [6, 6.07) is 9.43. The third kappa shape index (κ3) is 2.45. The molecule has 8 heteroatoms. The Labute approximate surface area is 136 Å². The van der Waals surface area contributed by atoms with E-state index in [1.54, 1.807) is 24.8 Å². The van der Waals surface area contributed by atoms with E-state index in [0.29, 0.717) is 11.4 Å². The van der Waals surface area contributed by atoms with E-state index in [0.717, 1.165) is 22.0 Å². The minimum Gasteiger partial charge on any atom is -0.380 e. The molecule has 1 aliphatic heterocycles. The number of hydrogen-bond acceptors (Lipinski definition) is 8. The Kier molecular flexibility index (Phi) is 3.39. The zero-order valence-corrected chi connectivity index (χ0v) is 12.5. The maximum atomic E-state index is 5.91. The number of aromatic nitrogens is 3. The first-order valence-electron chi connectivity index (χ1n) is 7.18. The fraction of sp³-hybridized carbons (Fsp3) is 0. The third-order valence-electron chi connectivity index (χ3n) is 3.56. The molecule has 116 valence electrons. The monoisotopic (exact) mass is 316 g/mol. The van der Waals surface area contributed by atoms with Gasteiger partial charge in [-0.25, -0.2) is 0 Å². The molecule has 0 atom stereocenters. The number of amidine groups is 1. The Bertz CT molecular complexity index is 986. The van der Waals surface area contributed by atoms with Gasteiger partial charge in [0.2, 0.25) is 0 Å². The topological polar surface area (TPSA) is 114 Å². The summed E-state index contributed by atoms with van der Waals surface area (Å²) in [5.41, 5.74) is 11.7. The van der Waals surface area contributed by atoms with Crippen LogP contribution in [0, 0.1) is 0 Å². The van der Waals surface area contributed by atoms with Gasteiger partial charge < -0.3 is 5.73 Å². The molecule has 8 nitrogen and oxygen atoms in total. The highest BCUT2D eigenvalue weighted by atomic mass is 15.3. The number of anilines is 1. The predicted molar refractivity (Wildman–Crippen MR) is 93.0 cm³/mol. The quantitative estimate of drug-likeness (QED) is 0.712. The fourth-order valence-electron chi connectivity index (χ4n) is 2.37. The van der Waals surface area contributed by atoms with Gasteiger partial charge in [-0.05, 0) is 18.2 Å². The van der Waals surface area contributed by atoms with Gasteiger partial charge in [-0.15, -0.1) is 10.2 Å². The van der Waals surface area contributed by atoms with Gasteiger partial charge in [-0.1, -0.05) is 12.1 Å². The maximum Gasteiger partial charge on any atom is 0.176 e. The predicted octanol–water partition coefficient (Wildman–Crippen LogP) is 1.57. The number of hydrogen-bond donors (Lipinski definition) is 2. The summed E-state index contributed by atoms with van der Waals surface area (Å²) >= 11 is 0. The zero-order valence-electron chi connectivity index (χ0n) is 12.5. The number of benzene rings is 1. The molecule has 0 saturated heterocycles. The lowest BCUT2D eigenvalue weighted by atomic mass is 10.1. The highest BCUT2D eigenvalue weighted by Gasteiger charge is 2.21. The van der Waals surface area contributed by atoms with Crippen LogP contribution in [0.1, 0.15) is 5.56 Å². The normalized spacial score (nSPS) is 15.4. The lowest BCUT2D eigenvalue weighted by Crippen LogP contribution is -2.28. The Morgan fingerprint density at radius 1 is 0.958 bits per heavy atom. The van der Waals surface area contributed by atoms with Crippen molar-refractivity contribution in [3.63, 3.8) is 0 Å². The molecule has 0 amide bonds. The molecule has 0 saturated carbocycles. The van der Waals surface area contributed by atoms with Crippen molar-refractivity contribution in [3.05, 3.63) is 60.7 Å². The van der Waals surface area contributed by atoms with Crippen LogP contribution in [0.4, 0.5) is 5.69 Å². The summed E-state index contributed by atoms with van der Waals surface area (Å²) in [5, 5.41) is 22.1. The van der Waals surface area contributed by atoms with Crippen LogP contribution in [0.25, 0.3) is 10.8 Å². The van der Waals surface area contributed by atoms with Crippen LogP contribution in [0.5, 0.6) is 0 Å². The van der Waals surface area contributed by atoms with Crippen molar-refractivity contribution in [1.82, 2.24) is 15.2 Å². The van der Waals surface area contributed by atoms with Crippen molar-refractivity contribution in [3.8, 4) is 0 Å². The summed E-state index contributed by atoms with van der Waals surface area (Å²) in [5.74, 6) is 0.259. The van der Waals surface area contributed by atoms with E-state index < -0.39 is 0 Å². The van der Waals surface area contributed by atoms with Crippen LogP contribution in [0.2, 0.25) is 0 Å². The van der Waals surface area contributed by atoms with Crippen molar-refractivity contribution in [2.24, 2.45) is 21.0 Å². The molecule has 1 aromatic carbocycles. The minimum atomic E-state index is 0.259. The maximum absolute atomic E-state index is 5.91. The molecule has 0 unspecified atom stereocenters. The molecule has 0 radical (unpaired) electrons. The summed E-state index contributed by atoms with van der Waals surface area (Å²) in [6.07, 6.45) is 6.74. The SMILES string of the molecule is NC1=NN=C(c2ccncc2)/C1=N\Nc1cccc2cnncc12. The highest BCUT2D eigenvalue weighted by molar-refractivity contribution is 6.72. The number of nitrogens with two attached hydrogens (primary N) is 1. The lowest BCUT2D eigenvalue weighted by Gasteiger charge is -2.07. The van der Waals surface area contributed by atoms with Crippen LogP contribution >= 0.6 is 0 Å². The summed E-state index contributed by atoms with van der Waals surface area (Å²) in [4.78, 5) is 4.00. The molecule has 0 bridgehead atoms. The second-order valence-corrected chi connectivity index (χ2v) is 5.04. The standard InChI is InChI=1S/C16H12N8/c17-16-15(14(22-24-16)10-4-6-18-7-5-10)23-21-13-3-1-2-11-8-19-20-9-12(11)13/h1-9,21H,(H2,17,23,24). The molecule has 3 aromatic rings. The smallest absolute Gasteiger partial charge is 0.176 e. The van der Waals surface area contributed by atoms with E-state index in [4.69, 9.17) is 5.73 Å². The van der Waals surface area contributed by atoms with E-state index >= 15 is 0 Å². The van der Waals surface area contributed by atoms with Gasteiger partial charge in [0.25, 0.3) is 0 Å². The van der Waals surface area contributed by atoms with Gasteiger partial charge in [0.15, 0.2) is 11.5 Å². The molecule has 4 rings (SSSR count). The first kappa shape index (κ1) is 13.9. The molecule has 0 fully saturated rings. The molecule has 24 heavy (non-hydrogen) atoms. The number of pyridine rings is 1. The Morgan fingerprint density at radius 3 is 2.67 bits per heavy atom. The second-order valence-electron chi connectivity index (χ2n) is 5.04. The molecular weight excluding hydrogens is 304 g/mol. The number of hydrazone groups is 1. The van der Waals surface area contributed by atoms with E-state index in [1.807, 2.05) is 30.3 Å². The average Bonchev–Trinajstić information content (AvgIpc) is 3.01. The molecular formula is C16H12N8. The first-order valence-corrected chi connectivity index (χ1v) is 7.18. The van der Waals surface area contributed by atoms with Crippen LogP contribution in [-0.4, -0.2) is 32.4 Å². The van der Waals surface area contributed by atoms with E-state index in [2.05, 4.69) is 35.9 Å². The zero-order chi connectivity index (χ0) is 16.4. The molecule has 3 heterocycles.